The Kier molecular flexibility index (Phi) is 53.4. The zero-order valence-corrected chi connectivity index (χ0v) is 53.9. The first kappa shape index (κ1) is 79.1. The molecule has 3 N–H and O–H groups in total. The molecule has 0 amide bonds. The van der Waals surface area contributed by atoms with Crippen LogP contribution in [0.15, 0.2) is 0 Å². The van der Waals surface area contributed by atoms with Crippen molar-refractivity contribution in [2.24, 2.45) is 11.8 Å². The van der Waals surface area contributed by atoms with Gasteiger partial charge >= 0.3 is 39.5 Å². The molecule has 0 radical (unpaired) electrons. The number of hydrogen-bond donors (Lipinski definition) is 3. The number of carbonyl (C=O) groups excluding carboxylic acids is 4. The van der Waals surface area contributed by atoms with Gasteiger partial charge in [-0.05, 0) is 37.5 Å². The third-order valence-corrected chi connectivity index (χ3v) is 16.5. The van der Waals surface area contributed by atoms with Crippen molar-refractivity contribution < 1.29 is 80.2 Å². The number of aliphatic hydroxyl groups excluding tert-OH is 1. The van der Waals surface area contributed by atoms with E-state index in [0.29, 0.717) is 25.7 Å². The van der Waals surface area contributed by atoms with E-state index >= 15 is 0 Å². The van der Waals surface area contributed by atoms with E-state index in [2.05, 4.69) is 41.5 Å². The van der Waals surface area contributed by atoms with Gasteiger partial charge in [0.25, 0.3) is 0 Å². The number of aliphatic hydroxyl groups is 1. The van der Waals surface area contributed by atoms with Crippen molar-refractivity contribution in [3.8, 4) is 0 Å². The van der Waals surface area contributed by atoms with Crippen LogP contribution in [0, 0.1) is 11.8 Å². The highest BCUT2D eigenvalue weighted by atomic mass is 31.2. The van der Waals surface area contributed by atoms with Crippen LogP contribution in [0.5, 0.6) is 0 Å². The van der Waals surface area contributed by atoms with Crippen LogP contribution in [-0.2, 0) is 65.4 Å². The highest BCUT2D eigenvalue weighted by molar-refractivity contribution is 7.47. The van der Waals surface area contributed by atoms with E-state index in [1.54, 1.807) is 0 Å². The SMILES string of the molecule is CCCCCCCCCCCC(=O)O[C@H](COC(=O)CCCCCCCCC)COP(=O)(O)OC[C@H](O)COP(=O)(O)OC[C@@H](COC(=O)CCCCCCCCC(C)CC)OC(=O)CCCCCCCCCCCCCCC(C)C. The van der Waals surface area contributed by atoms with Crippen LogP contribution >= 0.6 is 15.6 Å². The van der Waals surface area contributed by atoms with Gasteiger partial charge in [-0.2, -0.15) is 0 Å². The van der Waals surface area contributed by atoms with Crippen molar-refractivity contribution >= 4 is 39.5 Å². The molecule has 0 aromatic rings. The highest BCUT2D eigenvalue weighted by Gasteiger charge is 2.30. The Morgan fingerprint density at radius 1 is 0.358 bits per heavy atom. The Balaban J connectivity index is 5.20. The third-order valence-electron chi connectivity index (χ3n) is 14.6. The van der Waals surface area contributed by atoms with Crippen LogP contribution in [0.1, 0.15) is 305 Å². The number of phosphoric ester groups is 2. The first-order chi connectivity index (χ1) is 38.9. The molecule has 19 heteroatoms. The molecule has 0 aliphatic rings. The van der Waals surface area contributed by atoms with E-state index in [1.165, 1.54) is 103 Å². The van der Waals surface area contributed by atoms with Crippen LogP contribution < -0.4 is 0 Å². The van der Waals surface area contributed by atoms with Crippen LogP contribution in [-0.4, -0.2) is 96.7 Å². The van der Waals surface area contributed by atoms with Crippen LogP contribution in [0.4, 0.5) is 0 Å². The average molecular weight is 1200 g/mol. The molecule has 0 saturated carbocycles. The van der Waals surface area contributed by atoms with Gasteiger partial charge < -0.3 is 33.8 Å². The zero-order valence-electron chi connectivity index (χ0n) is 52.1. The predicted molar refractivity (Wildman–Crippen MR) is 321 cm³/mol. The Bertz CT molecular complexity index is 1600. The lowest BCUT2D eigenvalue weighted by Crippen LogP contribution is -2.30. The number of hydrogen-bond acceptors (Lipinski definition) is 15. The summed E-state index contributed by atoms with van der Waals surface area (Å²) in [5.41, 5.74) is 0. The van der Waals surface area contributed by atoms with Gasteiger partial charge in [0.15, 0.2) is 12.2 Å². The lowest BCUT2D eigenvalue weighted by Gasteiger charge is -2.21. The minimum Gasteiger partial charge on any atom is -0.462 e. The second kappa shape index (κ2) is 54.7. The van der Waals surface area contributed by atoms with E-state index in [9.17, 15) is 43.2 Å². The number of ether oxygens (including phenoxy) is 4. The fourth-order valence-electron chi connectivity index (χ4n) is 9.15. The van der Waals surface area contributed by atoms with E-state index in [1.807, 2.05) is 0 Å². The molecule has 0 saturated heterocycles. The molecule has 3 unspecified atom stereocenters. The van der Waals surface area contributed by atoms with Gasteiger partial charge in [0, 0.05) is 25.7 Å². The quantitative estimate of drug-likeness (QED) is 0.0222. The lowest BCUT2D eigenvalue weighted by molar-refractivity contribution is -0.161. The van der Waals surface area contributed by atoms with Crippen molar-refractivity contribution in [1.82, 2.24) is 0 Å². The number of esters is 4. The van der Waals surface area contributed by atoms with Gasteiger partial charge in [-0.15, -0.1) is 0 Å². The van der Waals surface area contributed by atoms with Gasteiger partial charge in [-0.3, -0.25) is 37.3 Å². The molecule has 81 heavy (non-hydrogen) atoms. The summed E-state index contributed by atoms with van der Waals surface area (Å²) in [6, 6.07) is 0. The lowest BCUT2D eigenvalue weighted by atomic mass is 10.00. The molecule has 480 valence electrons. The van der Waals surface area contributed by atoms with E-state index in [0.717, 1.165) is 121 Å². The number of carbonyl (C=O) groups is 4. The maximum Gasteiger partial charge on any atom is 0.472 e. The van der Waals surface area contributed by atoms with Crippen molar-refractivity contribution in [1.29, 1.82) is 0 Å². The van der Waals surface area contributed by atoms with Crippen LogP contribution in [0.3, 0.4) is 0 Å². The van der Waals surface area contributed by atoms with Crippen molar-refractivity contribution in [3.63, 3.8) is 0 Å². The fourth-order valence-corrected chi connectivity index (χ4v) is 10.7. The molecule has 0 rings (SSSR count). The molecule has 0 heterocycles. The molecule has 0 spiro atoms. The van der Waals surface area contributed by atoms with Crippen molar-refractivity contribution in [3.05, 3.63) is 0 Å². The molecule has 6 atom stereocenters. The average Bonchev–Trinajstić information content (AvgIpc) is 3.43. The minimum atomic E-state index is -4.94. The summed E-state index contributed by atoms with van der Waals surface area (Å²) in [6.07, 6.45) is 36.3. The molecule has 0 aromatic carbocycles. The predicted octanol–water partition coefficient (Wildman–Crippen LogP) is 16.9. The summed E-state index contributed by atoms with van der Waals surface area (Å²) < 4.78 is 67.8. The van der Waals surface area contributed by atoms with E-state index in [4.69, 9.17) is 37.0 Å². The topological polar surface area (TPSA) is 237 Å². The summed E-state index contributed by atoms with van der Waals surface area (Å²) in [4.78, 5) is 72.0. The molecule has 0 bridgehead atoms. The molecule has 17 nitrogen and oxygen atoms in total. The minimum absolute atomic E-state index is 0.105. The van der Waals surface area contributed by atoms with Gasteiger partial charge in [0.2, 0.25) is 0 Å². The Morgan fingerprint density at radius 3 is 0.938 bits per heavy atom. The number of rotatable bonds is 61. The van der Waals surface area contributed by atoms with Gasteiger partial charge in [-0.1, -0.05) is 253 Å². The second-order valence-electron chi connectivity index (χ2n) is 23.2. The van der Waals surface area contributed by atoms with Gasteiger partial charge in [0.1, 0.15) is 19.3 Å². The molecule has 0 fully saturated rings. The standard InChI is InChI=1S/C62H120O17P2/c1-7-10-12-14-16-21-26-34-40-46-61(66)78-57(50-72-59(64)44-38-32-24-15-13-11-8-2)52-76-80(68,69)74-48-56(63)49-75-81(70,71)77-53-58(51-73-60(65)45-39-33-29-28-31-37-43-55(6)9-3)79-62(67)47-41-35-27-23-20-18-17-19-22-25-30-36-42-54(4)5/h54-58,63H,7-53H2,1-6H3,(H,68,69)(H,70,71)/t55?,56-,57+,58+/m0/s1. The molecular weight excluding hydrogens is 1080 g/mol. The molecule has 0 aliphatic carbocycles. The van der Waals surface area contributed by atoms with Crippen LogP contribution in [0.25, 0.3) is 0 Å². The third kappa shape index (κ3) is 55.7. The molecule has 0 aromatic heterocycles. The second-order valence-corrected chi connectivity index (χ2v) is 26.1. The summed E-state index contributed by atoms with van der Waals surface area (Å²) in [5, 5.41) is 10.5. The number of unbranched alkanes of at least 4 members (excludes halogenated alkanes) is 30. The maximum atomic E-state index is 13.0. The Hall–Kier alpha value is -1.94. The summed E-state index contributed by atoms with van der Waals surface area (Å²) >= 11 is 0. The maximum absolute atomic E-state index is 13.0. The summed E-state index contributed by atoms with van der Waals surface area (Å²) in [6.45, 7) is 9.39. The van der Waals surface area contributed by atoms with E-state index in [-0.39, 0.29) is 25.7 Å². The van der Waals surface area contributed by atoms with E-state index < -0.39 is 97.5 Å². The van der Waals surface area contributed by atoms with Crippen molar-refractivity contribution in [2.75, 3.05) is 39.6 Å². The van der Waals surface area contributed by atoms with Crippen LogP contribution in [0.2, 0.25) is 0 Å². The Morgan fingerprint density at radius 2 is 0.630 bits per heavy atom. The smallest absolute Gasteiger partial charge is 0.462 e. The molecular formula is C62H120O17P2. The number of phosphoric acid groups is 2. The normalized spacial score (nSPS) is 14.7. The molecule has 0 aliphatic heterocycles. The fraction of sp³-hybridized carbons (Fsp3) is 0.935. The monoisotopic (exact) mass is 1200 g/mol. The first-order valence-electron chi connectivity index (χ1n) is 32.5. The Labute approximate surface area is 492 Å². The largest absolute Gasteiger partial charge is 0.472 e. The summed E-state index contributed by atoms with van der Waals surface area (Å²) in [7, 11) is -9.88. The summed E-state index contributed by atoms with van der Waals surface area (Å²) in [5.74, 6) is -0.635. The van der Waals surface area contributed by atoms with Gasteiger partial charge in [-0.25, -0.2) is 9.13 Å². The van der Waals surface area contributed by atoms with Gasteiger partial charge in [0.05, 0.1) is 26.4 Å². The zero-order chi connectivity index (χ0) is 60.1. The van der Waals surface area contributed by atoms with Crippen molar-refractivity contribution in [2.45, 2.75) is 323 Å². The first-order valence-corrected chi connectivity index (χ1v) is 35.5. The highest BCUT2D eigenvalue weighted by Crippen LogP contribution is 2.45.